The first-order valence-electron chi connectivity index (χ1n) is 4.78. The van der Waals surface area contributed by atoms with Crippen molar-refractivity contribution in [3.05, 3.63) is 6.92 Å². The smallest absolute Gasteiger partial charge is 0.0466 e. The van der Waals surface area contributed by atoms with E-state index in [0.717, 1.165) is 26.1 Å². The summed E-state index contributed by atoms with van der Waals surface area (Å²) in [6, 6.07) is 0. The molecule has 0 saturated carbocycles. The second kappa shape index (κ2) is 9.96. The monoisotopic (exact) mass is 157 g/mol. The van der Waals surface area contributed by atoms with E-state index in [-0.39, 0.29) is 0 Å². The highest BCUT2D eigenvalue weighted by atomic mass is 16.5. The second-order valence-corrected chi connectivity index (χ2v) is 2.88. The van der Waals surface area contributed by atoms with Gasteiger partial charge in [-0.25, -0.2) is 0 Å². The average Bonchev–Trinajstić information content (AvgIpc) is 2.03. The zero-order valence-electron chi connectivity index (χ0n) is 7.77. The Morgan fingerprint density at radius 3 is 2.36 bits per heavy atom. The van der Waals surface area contributed by atoms with Crippen LogP contribution in [0.25, 0.3) is 0 Å². The molecule has 67 valence electrons. The van der Waals surface area contributed by atoms with E-state index < -0.39 is 0 Å². The van der Waals surface area contributed by atoms with Gasteiger partial charge in [0.1, 0.15) is 0 Å². The van der Waals surface area contributed by atoms with E-state index in [1.54, 1.807) is 0 Å². The third-order valence-electron chi connectivity index (χ3n) is 1.68. The fourth-order valence-electron chi connectivity index (χ4n) is 0.937. The van der Waals surface area contributed by atoms with Crippen LogP contribution in [-0.4, -0.2) is 13.2 Å². The predicted octanol–water partition coefficient (Wildman–Crippen LogP) is 3.20. The maximum Gasteiger partial charge on any atom is 0.0466 e. The van der Waals surface area contributed by atoms with Crippen molar-refractivity contribution in [2.24, 2.45) is 0 Å². The van der Waals surface area contributed by atoms with E-state index in [0.29, 0.717) is 0 Å². The lowest BCUT2D eigenvalue weighted by Gasteiger charge is -2.01. The molecule has 0 amide bonds. The molecule has 1 heteroatoms. The average molecular weight is 157 g/mol. The Hall–Kier alpha value is -0.0400. The molecule has 0 atom stereocenters. The lowest BCUT2D eigenvalue weighted by molar-refractivity contribution is 0.128. The summed E-state index contributed by atoms with van der Waals surface area (Å²) < 4.78 is 5.38. The highest BCUT2D eigenvalue weighted by Gasteiger charge is 1.88. The summed E-state index contributed by atoms with van der Waals surface area (Å²) >= 11 is 0. The highest BCUT2D eigenvalue weighted by Crippen LogP contribution is 1.99. The van der Waals surface area contributed by atoms with Gasteiger partial charge in [0.25, 0.3) is 0 Å². The summed E-state index contributed by atoms with van der Waals surface area (Å²) in [5.74, 6) is 0. The number of unbranched alkanes of at least 4 members (excludes halogenated alkanes) is 4. The minimum absolute atomic E-state index is 0.898. The third kappa shape index (κ3) is 9.96. The Morgan fingerprint density at radius 2 is 1.73 bits per heavy atom. The van der Waals surface area contributed by atoms with E-state index in [1.807, 2.05) is 0 Å². The summed E-state index contributed by atoms with van der Waals surface area (Å²) in [5.41, 5.74) is 0. The molecule has 0 heterocycles. The molecule has 0 N–H and O–H groups in total. The molecule has 0 unspecified atom stereocenters. The zero-order chi connectivity index (χ0) is 8.36. The first-order valence-corrected chi connectivity index (χ1v) is 4.78. The van der Waals surface area contributed by atoms with Crippen LogP contribution in [0.3, 0.4) is 0 Å². The van der Waals surface area contributed by atoms with Crippen LogP contribution in [0.1, 0.15) is 45.4 Å². The van der Waals surface area contributed by atoms with Crippen molar-refractivity contribution in [3.63, 3.8) is 0 Å². The van der Waals surface area contributed by atoms with Crippen molar-refractivity contribution in [1.82, 2.24) is 0 Å². The van der Waals surface area contributed by atoms with Crippen LogP contribution in [0.2, 0.25) is 0 Å². The van der Waals surface area contributed by atoms with Gasteiger partial charge in [0.15, 0.2) is 0 Å². The van der Waals surface area contributed by atoms with Gasteiger partial charge in [-0.3, -0.25) is 0 Å². The molecule has 0 saturated heterocycles. The molecule has 0 bridgehead atoms. The standard InChI is InChI=1S/C10H21O/c1-3-5-7-8-10-11-9-6-4-2/h2-10H2,1H3. The van der Waals surface area contributed by atoms with Gasteiger partial charge in [0.2, 0.25) is 0 Å². The summed E-state index contributed by atoms with van der Waals surface area (Å²) in [5, 5.41) is 0. The predicted molar refractivity (Wildman–Crippen MR) is 49.6 cm³/mol. The van der Waals surface area contributed by atoms with E-state index in [1.165, 1.54) is 25.7 Å². The van der Waals surface area contributed by atoms with Crippen molar-refractivity contribution >= 4 is 0 Å². The molecule has 0 aromatic carbocycles. The number of ether oxygens (including phenoxy) is 1. The van der Waals surface area contributed by atoms with Crippen molar-refractivity contribution in [2.45, 2.75) is 45.4 Å². The van der Waals surface area contributed by atoms with Crippen LogP contribution in [0.4, 0.5) is 0 Å². The van der Waals surface area contributed by atoms with Crippen LogP contribution in [0, 0.1) is 6.92 Å². The fraction of sp³-hybridized carbons (Fsp3) is 0.900. The largest absolute Gasteiger partial charge is 0.381 e. The van der Waals surface area contributed by atoms with Gasteiger partial charge in [-0.2, -0.15) is 0 Å². The van der Waals surface area contributed by atoms with Crippen LogP contribution in [0.15, 0.2) is 0 Å². The zero-order valence-corrected chi connectivity index (χ0v) is 7.77. The van der Waals surface area contributed by atoms with Gasteiger partial charge in [-0.05, 0) is 12.8 Å². The molecule has 11 heavy (non-hydrogen) atoms. The number of hydrogen-bond acceptors (Lipinski definition) is 1. The van der Waals surface area contributed by atoms with Crippen LogP contribution >= 0.6 is 0 Å². The van der Waals surface area contributed by atoms with Gasteiger partial charge < -0.3 is 4.74 Å². The van der Waals surface area contributed by atoms with E-state index in [4.69, 9.17) is 4.74 Å². The Labute approximate surface area is 71.1 Å². The van der Waals surface area contributed by atoms with Gasteiger partial charge in [-0.1, -0.05) is 39.5 Å². The van der Waals surface area contributed by atoms with E-state index in [2.05, 4.69) is 13.8 Å². The van der Waals surface area contributed by atoms with E-state index >= 15 is 0 Å². The summed E-state index contributed by atoms with van der Waals surface area (Å²) in [4.78, 5) is 0. The maximum atomic E-state index is 5.38. The summed E-state index contributed by atoms with van der Waals surface area (Å²) in [7, 11) is 0. The molecule has 0 aromatic rings. The lowest BCUT2D eigenvalue weighted by atomic mass is 10.2. The Kier molecular flexibility index (Phi) is 9.92. The fourth-order valence-corrected chi connectivity index (χ4v) is 0.937. The van der Waals surface area contributed by atoms with Crippen LogP contribution < -0.4 is 0 Å². The van der Waals surface area contributed by atoms with Crippen LogP contribution in [0.5, 0.6) is 0 Å². The maximum absolute atomic E-state index is 5.38. The minimum atomic E-state index is 0.898. The SMILES string of the molecule is [CH2]CCCOCCCCCC. The van der Waals surface area contributed by atoms with E-state index in [9.17, 15) is 0 Å². The van der Waals surface area contributed by atoms with Gasteiger partial charge in [-0.15, -0.1) is 0 Å². The van der Waals surface area contributed by atoms with Crippen LogP contribution in [-0.2, 0) is 4.74 Å². The van der Waals surface area contributed by atoms with Crippen molar-refractivity contribution < 1.29 is 4.74 Å². The Balaban J connectivity index is 2.69. The first kappa shape index (κ1) is 11.0. The molecular formula is C10H21O. The number of rotatable bonds is 8. The van der Waals surface area contributed by atoms with Crippen molar-refractivity contribution in [2.75, 3.05) is 13.2 Å². The molecular weight excluding hydrogens is 136 g/mol. The van der Waals surface area contributed by atoms with Crippen molar-refractivity contribution in [3.8, 4) is 0 Å². The second-order valence-electron chi connectivity index (χ2n) is 2.88. The normalized spacial score (nSPS) is 10.4. The highest BCUT2D eigenvalue weighted by molar-refractivity contribution is 4.41. The lowest BCUT2D eigenvalue weighted by Crippen LogP contribution is -1.96. The molecule has 0 aliphatic rings. The molecule has 1 radical (unpaired) electrons. The molecule has 0 aromatic heterocycles. The molecule has 0 aliphatic heterocycles. The minimum Gasteiger partial charge on any atom is -0.381 e. The summed E-state index contributed by atoms with van der Waals surface area (Å²) in [6.07, 6.45) is 7.30. The Bertz CT molecular complexity index is 53.9. The van der Waals surface area contributed by atoms with Gasteiger partial charge in [0, 0.05) is 13.2 Å². The first-order chi connectivity index (χ1) is 5.41. The quantitative estimate of drug-likeness (QED) is 0.492. The topological polar surface area (TPSA) is 9.23 Å². The number of hydrogen-bond donors (Lipinski definition) is 0. The van der Waals surface area contributed by atoms with Crippen molar-refractivity contribution in [1.29, 1.82) is 0 Å². The third-order valence-corrected chi connectivity index (χ3v) is 1.68. The molecule has 0 rings (SSSR count). The molecule has 0 aliphatic carbocycles. The molecule has 0 spiro atoms. The molecule has 0 fully saturated rings. The molecule has 1 nitrogen and oxygen atoms in total. The van der Waals surface area contributed by atoms with Gasteiger partial charge >= 0.3 is 0 Å². The van der Waals surface area contributed by atoms with Gasteiger partial charge in [0.05, 0.1) is 0 Å². The Morgan fingerprint density at radius 1 is 1.00 bits per heavy atom. The summed E-state index contributed by atoms with van der Waals surface area (Å²) in [6.45, 7) is 7.82.